The zero-order valence-corrected chi connectivity index (χ0v) is 22.3. The Morgan fingerprint density at radius 1 is 0.784 bits per heavy atom. The Balaban J connectivity index is 2.45. The summed E-state index contributed by atoms with van der Waals surface area (Å²) >= 11 is 0. The number of benzene rings is 2. The number of aliphatic hydroxyl groups excluding tert-OH is 1. The Bertz CT molecular complexity index is 1080. The SMILES string of the molecule is CC(C)(C)c1cc(OC(C(=O)O)C(Oc2ccc(O)c(C(C)(C)C)c2)C(=O)OCCCCO)ccc1O. The predicted molar refractivity (Wildman–Crippen MR) is 137 cm³/mol. The van der Waals surface area contributed by atoms with Crippen LogP contribution in [-0.2, 0) is 25.2 Å². The van der Waals surface area contributed by atoms with Gasteiger partial charge in [0.15, 0.2) is 0 Å². The van der Waals surface area contributed by atoms with Crippen molar-refractivity contribution in [3.63, 3.8) is 0 Å². The normalized spacial score (nSPS) is 13.5. The number of carboxylic acids is 1. The molecule has 0 spiro atoms. The minimum Gasteiger partial charge on any atom is -0.508 e. The van der Waals surface area contributed by atoms with Crippen molar-refractivity contribution in [3.8, 4) is 23.0 Å². The lowest BCUT2D eigenvalue weighted by Gasteiger charge is -2.27. The van der Waals surface area contributed by atoms with E-state index in [0.29, 0.717) is 24.0 Å². The van der Waals surface area contributed by atoms with Gasteiger partial charge < -0.3 is 34.6 Å². The second-order valence-electron chi connectivity index (χ2n) is 10.9. The fourth-order valence-electron chi connectivity index (χ4n) is 3.62. The van der Waals surface area contributed by atoms with E-state index in [2.05, 4.69) is 0 Å². The quantitative estimate of drug-likeness (QED) is 0.253. The first-order chi connectivity index (χ1) is 17.1. The van der Waals surface area contributed by atoms with Gasteiger partial charge in [0, 0.05) is 17.7 Å². The summed E-state index contributed by atoms with van der Waals surface area (Å²) in [7, 11) is 0. The van der Waals surface area contributed by atoms with E-state index in [1.54, 1.807) is 6.07 Å². The second-order valence-corrected chi connectivity index (χ2v) is 10.9. The first-order valence-corrected chi connectivity index (χ1v) is 12.2. The molecule has 2 rings (SSSR count). The van der Waals surface area contributed by atoms with E-state index in [1.807, 2.05) is 41.5 Å². The van der Waals surface area contributed by atoms with Crippen LogP contribution in [0.2, 0.25) is 0 Å². The van der Waals surface area contributed by atoms with E-state index < -0.39 is 35.0 Å². The zero-order chi connectivity index (χ0) is 28.0. The van der Waals surface area contributed by atoms with Crippen LogP contribution in [0.5, 0.6) is 23.0 Å². The smallest absolute Gasteiger partial charge is 0.351 e. The number of aromatic hydroxyl groups is 2. The van der Waals surface area contributed by atoms with Gasteiger partial charge in [-0.05, 0) is 60.1 Å². The monoisotopic (exact) mass is 518 g/mol. The molecule has 0 bridgehead atoms. The fraction of sp³-hybridized carbons (Fsp3) is 0.500. The van der Waals surface area contributed by atoms with Crippen LogP contribution in [0.1, 0.15) is 65.5 Å². The molecule has 0 aliphatic rings. The molecule has 0 radical (unpaired) electrons. The van der Waals surface area contributed by atoms with Crippen LogP contribution in [0.15, 0.2) is 36.4 Å². The van der Waals surface area contributed by atoms with Gasteiger partial charge in [-0.3, -0.25) is 0 Å². The Hall–Kier alpha value is -3.46. The van der Waals surface area contributed by atoms with Crippen LogP contribution < -0.4 is 9.47 Å². The van der Waals surface area contributed by atoms with E-state index in [4.69, 9.17) is 19.3 Å². The summed E-state index contributed by atoms with van der Waals surface area (Å²) in [5.41, 5.74) is 0.161. The van der Waals surface area contributed by atoms with Crippen LogP contribution in [0.3, 0.4) is 0 Å². The third-order valence-electron chi connectivity index (χ3n) is 5.63. The minimum absolute atomic E-state index is 0.0293. The van der Waals surface area contributed by atoms with E-state index >= 15 is 0 Å². The number of ether oxygens (including phenoxy) is 3. The molecule has 2 unspecified atom stereocenters. The third-order valence-corrected chi connectivity index (χ3v) is 5.63. The van der Waals surface area contributed by atoms with Crippen molar-refractivity contribution in [1.82, 2.24) is 0 Å². The van der Waals surface area contributed by atoms with E-state index in [-0.39, 0.29) is 36.2 Å². The molecule has 4 N–H and O–H groups in total. The number of hydrogen-bond acceptors (Lipinski definition) is 8. The summed E-state index contributed by atoms with van der Waals surface area (Å²) in [4.78, 5) is 25.3. The van der Waals surface area contributed by atoms with E-state index in [1.165, 1.54) is 30.3 Å². The van der Waals surface area contributed by atoms with Crippen molar-refractivity contribution >= 4 is 11.9 Å². The molecule has 0 heterocycles. The summed E-state index contributed by atoms with van der Waals surface area (Å²) < 4.78 is 16.9. The topological polar surface area (TPSA) is 143 Å². The van der Waals surface area contributed by atoms with E-state index in [0.717, 1.165) is 0 Å². The molecule has 9 nitrogen and oxygen atoms in total. The number of carbonyl (C=O) groups is 2. The number of hydrogen-bond donors (Lipinski definition) is 4. The lowest BCUT2D eigenvalue weighted by atomic mass is 9.86. The molecule has 0 saturated carbocycles. The van der Waals surface area contributed by atoms with Gasteiger partial charge in [0.2, 0.25) is 12.2 Å². The molecule has 9 heteroatoms. The summed E-state index contributed by atoms with van der Waals surface area (Å²) in [6, 6.07) is 8.70. The fourth-order valence-corrected chi connectivity index (χ4v) is 3.62. The number of unbranched alkanes of at least 4 members (excludes halogenated alkanes) is 1. The number of carbonyl (C=O) groups excluding carboxylic acids is 1. The molecule has 2 aromatic rings. The molecular weight excluding hydrogens is 480 g/mol. The summed E-state index contributed by atoms with van der Waals surface area (Å²) in [6.45, 7) is 11.2. The molecule has 204 valence electrons. The largest absolute Gasteiger partial charge is 0.508 e. The van der Waals surface area contributed by atoms with Crippen LogP contribution in [0.25, 0.3) is 0 Å². The second kappa shape index (κ2) is 12.2. The van der Waals surface area contributed by atoms with Gasteiger partial charge in [-0.25, -0.2) is 9.59 Å². The van der Waals surface area contributed by atoms with Crippen LogP contribution in [0, 0.1) is 0 Å². The Labute approximate surface area is 217 Å². The van der Waals surface area contributed by atoms with Crippen molar-refractivity contribution < 1.29 is 44.2 Å². The van der Waals surface area contributed by atoms with Crippen LogP contribution in [0.4, 0.5) is 0 Å². The molecule has 0 fully saturated rings. The highest BCUT2D eigenvalue weighted by atomic mass is 16.6. The number of carboxylic acid groups (broad SMARTS) is 1. The maximum atomic E-state index is 13.0. The van der Waals surface area contributed by atoms with Crippen LogP contribution >= 0.6 is 0 Å². The number of aliphatic hydroxyl groups is 1. The molecule has 37 heavy (non-hydrogen) atoms. The van der Waals surface area contributed by atoms with Gasteiger partial charge in [0.05, 0.1) is 6.61 Å². The highest BCUT2D eigenvalue weighted by molar-refractivity contribution is 5.85. The molecule has 2 aromatic carbocycles. The van der Waals surface area contributed by atoms with Gasteiger partial charge in [0.1, 0.15) is 23.0 Å². The average molecular weight is 519 g/mol. The number of aliphatic carboxylic acids is 1. The average Bonchev–Trinajstić information content (AvgIpc) is 2.79. The molecule has 0 aromatic heterocycles. The lowest BCUT2D eigenvalue weighted by Crippen LogP contribution is -2.48. The molecule has 0 amide bonds. The molecule has 0 aliphatic heterocycles. The Morgan fingerprint density at radius 2 is 1.24 bits per heavy atom. The number of rotatable bonds is 11. The maximum absolute atomic E-state index is 13.0. The van der Waals surface area contributed by atoms with Crippen molar-refractivity contribution in [1.29, 1.82) is 0 Å². The van der Waals surface area contributed by atoms with Gasteiger partial charge in [-0.15, -0.1) is 0 Å². The van der Waals surface area contributed by atoms with Gasteiger partial charge in [0.25, 0.3) is 0 Å². The first-order valence-electron chi connectivity index (χ1n) is 12.2. The van der Waals surface area contributed by atoms with Crippen molar-refractivity contribution in [2.24, 2.45) is 0 Å². The number of esters is 1. The molecule has 0 saturated heterocycles. The maximum Gasteiger partial charge on any atom is 0.351 e. The van der Waals surface area contributed by atoms with Crippen molar-refractivity contribution in [2.75, 3.05) is 13.2 Å². The van der Waals surface area contributed by atoms with Gasteiger partial charge in [-0.1, -0.05) is 41.5 Å². The predicted octanol–water partition coefficient (Wildman–Crippen LogP) is 4.29. The number of phenolic OH excluding ortho intramolecular Hbond substituents is 2. The van der Waals surface area contributed by atoms with E-state index in [9.17, 15) is 24.9 Å². The first kappa shape index (κ1) is 29.8. The molecular formula is C28H38O9. The van der Waals surface area contributed by atoms with Crippen LogP contribution in [-0.4, -0.2) is 57.8 Å². The minimum atomic E-state index is -1.80. The Morgan fingerprint density at radius 3 is 1.65 bits per heavy atom. The van der Waals surface area contributed by atoms with Gasteiger partial charge in [-0.2, -0.15) is 0 Å². The summed E-state index contributed by atoms with van der Waals surface area (Å²) in [6.07, 6.45) is -2.70. The molecule has 2 atom stereocenters. The highest BCUT2D eigenvalue weighted by Crippen LogP contribution is 2.35. The summed E-state index contributed by atoms with van der Waals surface area (Å²) in [5, 5.41) is 39.5. The van der Waals surface area contributed by atoms with Crippen molar-refractivity contribution in [2.45, 2.75) is 77.4 Å². The Kier molecular flexibility index (Phi) is 9.80. The zero-order valence-electron chi connectivity index (χ0n) is 22.3. The standard InChI is InChI=1S/C28H38O9/c1-27(2,3)19-15-17(9-11-21(19)30)36-23(25(32)33)24(26(34)35-14-8-7-13-29)37-18-10-12-22(31)20(16-18)28(4,5)6/h9-12,15-16,23-24,29-31H,7-8,13-14H2,1-6H3,(H,32,33). The summed E-state index contributed by atoms with van der Waals surface area (Å²) in [5.74, 6) is -2.08. The van der Waals surface area contributed by atoms with Gasteiger partial charge >= 0.3 is 11.9 Å². The lowest BCUT2D eigenvalue weighted by molar-refractivity contribution is -0.166. The highest BCUT2D eigenvalue weighted by Gasteiger charge is 2.40. The number of phenols is 2. The third kappa shape index (κ3) is 8.28. The molecule has 0 aliphatic carbocycles. The van der Waals surface area contributed by atoms with Crippen molar-refractivity contribution in [3.05, 3.63) is 47.5 Å².